The monoisotopic (exact) mass is 447 g/mol. The Labute approximate surface area is 190 Å². The van der Waals surface area contributed by atoms with E-state index in [1.165, 1.54) is 0 Å². The van der Waals surface area contributed by atoms with Gasteiger partial charge in [0, 0.05) is 29.2 Å². The number of rotatable bonds is 7. The van der Waals surface area contributed by atoms with Crippen molar-refractivity contribution in [1.29, 1.82) is 0 Å². The van der Waals surface area contributed by atoms with E-state index in [2.05, 4.69) is 10.6 Å². The van der Waals surface area contributed by atoms with Crippen LogP contribution in [0.5, 0.6) is 0 Å². The largest absolute Gasteiger partial charge is 0.481 e. The lowest BCUT2D eigenvalue weighted by atomic mass is 9.97. The molecule has 32 heavy (non-hydrogen) atoms. The zero-order valence-corrected chi connectivity index (χ0v) is 17.9. The van der Waals surface area contributed by atoms with Crippen LogP contribution in [-0.2, 0) is 22.6 Å². The predicted molar refractivity (Wildman–Crippen MR) is 127 cm³/mol. The maximum atomic E-state index is 13.0. The number of nitrogens with one attached hydrogen (secondary N) is 2. The van der Waals surface area contributed by atoms with Gasteiger partial charge in [0.05, 0.1) is 17.0 Å². The Morgan fingerprint density at radius 1 is 1.03 bits per heavy atom. The number of carbonyl (C=O) groups is 2. The molecular weight excluding hydrogens is 426 g/mol. The Morgan fingerprint density at radius 2 is 1.81 bits per heavy atom. The zero-order chi connectivity index (χ0) is 22.7. The number of anilines is 2. The number of aryl methyl sites for hydroxylation is 1. The Balaban J connectivity index is 1.83. The molecule has 5 N–H and O–H groups in total. The average Bonchev–Trinajstić information content (AvgIpc) is 3.11. The third kappa shape index (κ3) is 4.66. The Morgan fingerprint density at radius 3 is 2.53 bits per heavy atom. The fraction of sp³-hybridized carbons (Fsp3) is 0.120. The summed E-state index contributed by atoms with van der Waals surface area (Å²) < 4.78 is 0. The Kier molecular flexibility index (Phi) is 6.25. The standard InChI is InChI=1S/C25H22ClN3O3/c26-18-7-10-20-21(13-18)29-25(32)23(20)24(28-19-8-4-16(14-27)5-9-19)17-3-1-2-15(12-17)6-11-22(30)31/h1-5,7-10,12-13,28H,6,11,14,27H2,(H,29,32)(H,30,31). The first-order valence-electron chi connectivity index (χ1n) is 10.2. The van der Waals surface area contributed by atoms with Crippen LogP contribution >= 0.6 is 11.6 Å². The van der Waals surface area contributed by atoms with Gasteiger partial charge in [-0.1, -0.05) is 48.0 Å². The highest BCUT2D eigenvalue weighted by molar-refractivity contribution is 6.38. The van der Waals surface area contributed by atoms with Crippen molar-refractivity contribution in [2.24, 2.45) is 5.73 Å². The summed E-state index contributed by atoms with van der Waals surface area (Å²) in [6.07, 6.45) is 0.431. The van der Waals surface area contributed by atoms with E-state index in [9.17, 15) is 9.59 Å². The van der Waals surface area contributed by atoms with Crippen LogP contribution in [0.25, 0.3) is 11.3 Å². The number of hydrogen-bond donors (Lipinski definition) is 4. The van der Waals surface area contributed by atoms with Crippen LogP contribution in [0.1, 0.15) is 28.7 Å². The normalized spacial score (nSPS) is 14.0. The van der Waals surface area contributed by atoms with Crippen LogP contribution in [0.2, 0.25) is 5.02 Å². The molecule has 7 heteroatoms. The first kappa shape index (κ1) is 21.6. The molecule has 0 aliphatic carbocycles. The minimum absolute atomic E-state index is 0.0329. The zero-order valence-electron chi connectivity index (χ0n) is 17.2. The third-order valence-corrected chi connectivity index (χ3v) is 5.51. The summed E-state index contributed by atoms with van der Waals surface area (Å²) in [6.45, 7) is 0.441. The summed E-state index contributed by atoms with van der Waals surface area (Å²) in [7, 11) is 0. The van der Waals surface area contributed by atoms with Gasteiger partial charge < -0.3 is 21.5 Å². The molecule has 3 aromatic rings. The molecule has 3 aromatic carbocycles. The van der Waals surface area contributed by atoms with Crippen LogP contribution in [0.3, 0.4) is 0 Å². The van der Waals surface area contributed by atoms with E-state index >= 15 is 0 Å². The SMILES string of the molecule is NCc1ccc(NC(=C2C(=O)Nc3cc(Cl)ccc32)c2cccc(CCC(=O)O)c2)cc1. The van der Waals surface area contributed by atoms with Crippen molar-refractivity contribution < 1.29 is 14.7 Å². The van der Waals surface area contributed by atoms with Crippen molar-refractivity contribution >= 4 is 46.1 Å². The highest BCUT2D eigenvalue weighted by Gasteiger charge is 2.28. The minimum atomic E-state index is -0.854. The van der Waals surface area contributed by atoms with Gasteiger partial charge in [0.25, 0.3) is 5.91 Å². The molecule has 6 nitrogen and oxygen atoms in total. The van der Waals surface area contributed by atoms with Crippen LogP contribution in [0, 0.1) is 0 Å². The minimum Gasteiger partial charge on any atom is -0.481 e. The molecule has 0 spiro atoms. The summed E-state index contributed by atoms with van der Waals surface area (Å²) in [4.78, 5) is 24.0. The number of carbonyl (C=O) groups excluding carboxylic acids is 1. The molecule has 1 aliphatic heterocycles. The van der Waals surface area contributed by atoms with Crippen LogP contribution in [0.4, 0.5) is 11.4 Å². The summed E-state index contributed by atoms with van der Waals surface area (Å²) >= 11 is 6.11. The number of carboxylic acids is 1. The van der Waals surface area contributed by atoms with Crippen LogP contribution in [0.15, 0.2) is 66.7 Å². The quantitative estimate of drug-likeness (QED) is 0.391. The van der Waals surface area contributed by atoms with Crippen LogP contribution in [-0.4, -0.2) is 17.0 Å². The molecule has 0 atom stereocenters. The summed E-state index contributed by atoms with van der Waals surface area (Å²) in [6, 6.07) is 20.5. The van der Waals surface area contributed by atoms with Crippen molar-refractivity contribution in [2.75, 3.05) is 10.6 Å². The van der Waals surface area contributed by atoms with Gasteiger partial charge in [0.2, 0.25) is 0 Å². The fourth-order valence-corrected chi connectivity index (χ4v) is 3.85. The highest BCUT2D eigenvalue weighted by atomic mass is 35.5. The third-order valence-electron chi connectivity index (χ3n) is 5.28. The molecule has 0 fully saturated rings. The van der Waals surface area contributed by atoms with E-state index in [0.717, 1.165) is 27.9 Å². The second kappa shape index (κ2) is 9.26. The fourth-order valence-electron chi connectivity index (χ4n) is 3.67. The number of amides is 1. The number of aliphatic carboxylic acids is 1. The molecule has 162 valence electrons. The van der Waals surface area contributed by atoms with Crippen LogP contribution < -0.4 is 16.4 Å². The molecular formula is C25H22ClN3O3. The van der Waals surface area contributed by atoms with Crippen molar-refractivity contribution in [3.05, 3.63) is 94.0 Å². The molecule has 0 unspecified atom stereocenters. The van der Waals surface area contributed by atoms with Gasteiger partial charge in [-0.2, -0.15) is 0 Å². The number of carboxylic acid groups (broad SMARTS) is 1. The van der Waals surface area contributed by atoms with Gasteiger partial charge in [-0.25, -0.2) is 0 Å². The van der Waals surface area contributed by atoms with E-state index in [1.54, 1.807) is 12.1 Å². The van der Waals surface area contributed by atoms with Gasteiger partial charge >= 0.3 is 5.97 Å². The van der Waals surface area contributed by atoms with Crippen molar-refractivity contribution in [3.63, 3.8) is 0 Å². The average molecular weight is 448 g/mol. The molecule has 0 aromatic heterocycles. The molecule has 0 bridgehead atoms. The molecule has 0 saturated heterocycles. The van der Waals surface area contributed by atoms with Crippen molar-refractivity contribution in [1.82, 2.24) is 0 Å². The summed E-state index contributed by atoms with van der Waals surface area (Å²) in [5.74, 6) is -1.09. The molecule has 1 heterocycles. The Bertz CT molecular complexity index is 1220. The molecule has 0 saturated carbocycles. The summed E-state index contributed by atoms with van der Waals surface area (Å²) in [5, 5.41) is 15.8. The van der Waals surface area contributed by atoms with Gasteiger partial charge in [0.1, 0.15) is 0 Å². The van der Waals surface area contributed by atoms with Gasteiger partial charge in [-0.15, -0.1) is 0 Å². The first-order chi connectivity index (χ1) is 15.4. The van der Waals surface area contributed by atoms with E-state index < -0.39 is 5.97 Å². The second-order valence-electron chi connectivity index (χ2n) is 7.51. The topological polar surface area (TPSA) is 104 Å². The van der Waals surface area contributed by atoms with E-state index in [-0.39, 0.29) is 12.3 Å². The maximum Gasteiger partial charge on any atom is 0.303 e. The Hall–Kier alpha value is -3.61. The smallest absolute Gasteiger partial charge is 0.303 e. The first-order valence-corrected chi connectivity index (χ1v) is 10.5. The van der Waals surface area contributed by atoms with E-state index in [4.69, 9.17) is 22.4 Å². The van der Waals surface area contributed by atoms with Crippen molar-refractivity contribution in [3.8, 4) is 0 Å². The van der Waals surface area contributed by atoms with Gasteiger partial charge in [-0.05, 0) is 53.4 Å². The number of nitrogens with two attached hydrogens (primary N) is 1. The molecule has 4 rings (SSSR count). The second-order valence-corrected chi connectivity index (χ2v) is 7.95. The number of halogens is 1. The lowest BCUT2D eigenvalue weighted by molar-refractivity contribution is -0.137. The van der Waals surface area contributed by atoms with E-state index in [0.29, 0.717) is 34.9 Å². The van der Waals surface area contributed by atoms with Gasteiger partial charge in [0.15, 0.2) is 0 Å². The highest BCUT2D eigenvalue weighted by Crippen LogP contribution is 2.39. The molecule has 1 amide bonds. The van der Waals surface area contributed by atoms with Crippen molar-refractivity contribution in [2.45, 2.75) is 19.4 Å². The molecule has 0 radical (unpaired) electrons. The maximum absolute atomic E-state index is 13.0. The lowest BCUT2D eigenvalue weighted by Gasteiger charge is -2.16. The number of benzene rings is 3. The number of hydrogen-bond acceptors (Lipinski definition) is 4. The van der Waals surface area contributed by atoms with Gasteiger partial charge in [-0.3, -0.25) is 9.59 Å². The lowest BCUT2D eigenvalue weighted by Crippen LogP contribution is -2.10. The van der Waals surface area contributed by atoms with E-state index in [1.807, 2.05) is 54.6 Å². The predicted octanol–water partition coefficient (Wildman–Crippen LogP) is 4.75. The number of fused-ring (bicyclic) bond motifs is 1. The summed E-state index contributed by atoms with van der Waals surface area (Å²) in [5.41, 5.74) is 11.7. The molecule has 1 aliphatic rings.